The summed E-state index contributed by atoms with van der Waals surface area (Å²) in [6.07, 6.45) is 0.528. The Hall–Kier alpha value is -1.27. The van der Waals surface area contributed by atoms with Crippen LogP contribution in [-0.2, 0) is 15.9 Å². The minimum Gasteiger partial charge on any atom is -0.382 e. The van der Waals surface area contributed by atoms with Crippen LogP contribution < -0.4 is 0 Å². The molecule has 0 atom stereocenters. The number of hydrogen-bond acceptors (Lipinski definition) is 6. The van der Waals surface area contributed by atoms with Crippen molar-refractivity contribution >= 4 is 5.78 Å². The van der Waals surface area contributed by atoms with Crippen molar-refractivity contribution in [2.45, 2.75) is 13.3 Å². The maximum atomic E-state index is 10.8. The molecular formula is C9H14N2O4. The Bertz CT molecular complexity index is 311. The van der Waals surface area contributed by atoms with Gasteiger partial charge in [0.2, 0.25) is 5.78 Å². The highest BCUT2D eigenvalue weighted by atomic mass is 16.5. The smallest absolute Gasteiger partial charge is 0.293 e. The molecule has 0 bridgehead atoms. The van der Waals surface area contributed by atoms with Gasteiger partial charge in [0.25, 0.3) is 5.89 Å². The molecule has 1 rings (SSSR count). The zero-order valence-corrected chi connectivity index (χ0v) is 8.86. The van der Waals surface area contributed by atoms with E-state index in [4.69, 9.17) is 14.0 Å². The number of rotatable bonds is 7. The average Bonchev–Trinajstić information content (AvgIpc) is 2.66. The first-order chi connectivity index (χ1) is 7.24. The maximum Gasteiger partial charge on any atom is 0.293 e. The number of carbonyl (C=O) groups is 1. The van der Waals surface area contributed by atoms with Crippen LogP contribution in [0.1, 0.15) is 23.4 Å². The molecule has 1 aromatic heterocycles. The summed E-state index contributed by atoms with van der Waals surface area (Å²) in [5.41, 5.74) is 0. The predicted octanol–water partition coefficient (Wildman–Crippen LogP) is 0.478. The van der Waals surface area contributed by atoms with E-state index in [1.165, 1.54) is 6.92 Å². The van der Waals surface area contributed by atoms with Crippen LogP contribution in [-0.4, -0.2) is 42.9 Å². The molecule has 84 valence electrons. The van der Waals surface area contributed by atoms with E-state index in [2.05, 4.69) is 10.1 Å². The number of Topliss-reactive ketones (excluding diaryl/α,β-unsaturated/α-hetero) is 1. The second kappa shape index (κ2) is 6.26. The Morgan fingerprint density at radius 2 is 2.20 bits per heavy atom. The van der Waals surface area contributed by atoms with Crippen molar-refractivity contribution in [1.29, 1.82) is 0 Å². The lowest BCUT2D eigenvalue weighted by Crippen LogP contribution is -2.05. The highest BCUT2D eigenvalue weighted by Crippen LogP contribution is 1.99. The number of ketones is 1. The molecule has 0 unspecified atom stereocenters. The van der Waals surface area contributed by atoms with Crippen molar-refractivity contribution in [1.82, 2.24) is 10.1 Å². The summed E-state index contributed by atoms with van der Waals surface area (Å²) in [7, 11) is 1.61. The Morgan fingerprint density at radius 1 is 1.40 bits per heavy atom. The first kappa shape index (κ1) is 11.8. The van der Waals surface area contributed by atoms with E-state index in [-0.39, 0.29) is 11.7 Å². The topological polar surface area (TPSA) is 74.5 Å². The van der Waals surface area contributed by atoms with E-state index in [0.717, 1.165) is 0 Å². The van der Waals surface area contributed by atoms with Gasteiger partial charge in [-0.05, 0) is 0 Å². The molecule has 0 N–H and O–H groups in total. The lowest BCUT2D eigenvalue weighted by molar-refractivity contribution is 0.0714. The molecule has 0 spiro atoms. The predicted molar refractivity (Wildman–Crippen MR) is 50.7 cm³/mol. The molecule has 0 amide bonds. The zero-order valence-electron chi connectivity index (χ0n) is 8.86. The van der Waals surface area contributed by atoms with E-state index in [1.807, 2.05) is 0 Å². The van der Waals surface area contributed by atoms with Gasteiger partial charge in [-0.2, -0.15) is 4.98 Å². The fourth-order valence-corrected chi connectivity index (χ4v) is 0.906. The lowest BCUT2D eigenvalue weighted by Gasteiger charge is -1.99. The second-order valence-corrected chi connectivity index (χ2v) is 2.93. The van der Waals surface area contributed by atoms with E-state index in [9.17, 15) is 4.79 Å². The van der Waals surface area contributed by atoms with Crippen molar-refractivity contribution in [3.8, 4) is 0 Å². The van der Waals surface area contributed by atoms with Crippen molar-refractivity contribution in [3.05, 3.63) is 11.7 Å². The minimum absolute atomic E-state index is 0.0434. The van der Waals surface area contributed by atoms with Crippen molar-refractivity contribution in [3.63, 3.8) is 0 Å². The van der Waals surface area contributed by atoms with Crippen LogP contribution in [0.5, 0.6) is 0 Å². The van der Waals surface area contributed by atoms with Gasteiger partial charge in [0.15, 0.2) is 5.82 Å². The van der Waals surface area contributed by atoms with E-state index in [0.29, 0.717) is 32.1 Å². The van der Waals surface area contributed by atoms with Crippen LogP contribution in [0.2, 0.25) is 0 Å². The van der Waals surface area contributed by atoms with Crippen LogP contribution >= 0.6 is 0 Å². The van der Waals surface area contributed by atoms with Gasteiger partial charge in [-0.1, -0.05) is 5.16 Å². The van der Waals surface area contributed by atoms with Crippen molar-refractivity contribution in [2.24, 2.45) is 0 Å². The Kier molecular flexibility index (Phi) is 4.92. The van der Waals surface area contributed by atoms with Gasteiger partial charge in [0.1, 0.15) is 0 Å². The highest BCUT2D eigenvalue weighted by Gasteiger charge is 2.09. The largest absolute Gasteiger partial charge is 0.382 e. The van der Waals surface area contributed by atoms with E-state index >= 15 is 0 Å². The van der Waals surface area contributed by atoms with Crippen LogP contribution in [0.15, 0.2) is 4.52 Å². The molecule has 1 aromatic rings. The molecule has 15 heavy (non-hydrogen) atoms. The van der Waals surface area contributed by atoms with Crippen LogP contribution in [0, 0.1) is 0 Å². The monoisotopic (exact) mass is 214 g/mol. The third-order valence-electron chi connectivity index (χ3n) is 1.67. The van der Waals surface area contributed by atoms with Crippen LogP contribution in [0.3, 0.4) is 0 Å². The molecule has 0 aliphatic carbocycles. The van der Waals surface area contributed by atoms with Crippen LogP contribution in [0.4, 0.5) is 0 Å². The zero-order chi connectivity index (χ0) is 11.1. The Labute approximate surface area is 87.6 Å². The molecule has 0 aliphatic heterocycles. The minimum atomic E-state index is -0.228. The number of aromatic nitrogens is 2. The Morgan fingerprint density at radius 3 is 2.80 bits per heavy atom. The van der Waals surface area contributed by atoms with Gasteiger partial charge < -0.3 is 14.0 Å². The first-order valence-electron chi connectivity index (χ1n) is 4.64. The normalized spacial score (nSPS) is 10.5. The van der Waals surface area contributed by atoms with Gasteiger partial charge >= 0.3 is 0 Å². The fraction of sp³-hybridized carbons (Fsp3) is 0.667. The van der Waals surface area contributed by atoms with Gasteiger partial charge in [-0.15, -0.1) is 0 Å². The first-order valence-corrected chi connectivity index (χ1v) is 4.64. The van der Waals surface area contributed by atoms with Gasteiger partial charge in [0.05, 0.1) is 19.8 Å². The Balaban J connectivity index is 2.23. The molecule has 6 nitrogen and oxygen atoms in total. The van der Waals surface area contributed by atoms with Gasteiger partial charge in [-0.25, -0.2) is 0 Å². The number of nitrogens with zero attached hydrogens (tertiary/aromatic N) is 2. The molecule has 0 aromatic carbocycles. The molecule has 1 heterocycles. The summed E-state index contributed by atoms with van der Waals surface area (Å²) >= 11 is 0. The third kappa shape index (κ3) is 4.18. The molecule has 0 aliphatic rings. The van der Waals surface area contributed by atoms with Crippen LogP contribution in [0.25, 0.3) is 0 Å². The van der Waals surface area contributed by atoms with Gasteiger partial charge in [0, 0.05) is 20.5 Å². The van der Waals surface area contributed by atoms with Crippen molar-refractivity contribution < 1.29 is 18.8 Å². The van der Waals surface area contributed by atoms with Crippen molar-refractivity contribution in [2.75, 3.05) is 26.9 Å². The standard InChI is InChI=1S/C9H14N2O4/c1-7(12)9-10-8(11-15-9)3-4-14-6-5-13-2/h3-6H2,1-2H3. The summed E-state index contributed by atoms with van der Waals surface area (Å²) in [6, 6.07) is 0. The molecule has 6 heteroatoms. The SMILES string of the molecule is COCCOCCc1noc(C(C)=O)n1. The highest BCUT2D eigenvalue weighted by molar-refractivity contribution is 5.89. The molecular weight excluding hydrogens is 200 g/mol. The number of hydrogen-bond donors (Lipinski definition) is 0. The maximum absolute atomic E-state index is 10.8. The molecule has 0 fully saturated rings. The summed E-state index contributed by atoms with van der Waals surface area (Å²) < 4.78 is 14.7. The van der Waals surface area contributed by atoms with E-state index in [1.54, 1.807) is 7.11 Å². The van der Waals surface area contributed by atoms with Gasteiger partial charge in [-0.3, -0.25) is 4.79 Å². The molecule has 0 saturated heterocycles. The molecule has 0 radical (unpaired) electrons. The number of methoxy groups -OCH3 is 1. The number of carbonyl (C=O) groups excluding carboxylic acids is 1. The fourth-order valence-electron chi connectivity index (χ4n) is 0.906. The third-order valence-corrected chi connectivity index (χ3v) is 1.67. The quantitative estimate of drug-likeness (QED) is 0.485. The summed E-state index contributed by atoms with van der Waals surface area (Å²) in [4.78, 5) is 14.7. The summed E-state index contributed by atoms with van der Waals surface area (Å²) in [5.74, 6) is 0.300. The summed E-state index contributed by atoms with van der Waals surface area (Å²) in [6.45, 7) is 2.96. The average molecular weight is 214 g/mol. The summed E-state index contributed by atoms with van der Waals surface area (Å²) in [5, 5.41) is 3.64. The second-order valence-electron chi connectivity index (χ2n) is 2.93. The molecule has 0 saturated carbocycles. The lowest BCUT2D eigenvalue weighted by atomic mass is 10.4. The number of ether oxygens (including phenoxy) is 2. The van der Waals surface area contributed by atoms with E-state index < -0.39 is 0 Å².